The van der Waals surface area contributed by atoms with Gasteiger partial charge < -0.3 is 29.6 Å². The average molecular weight is 513 g/mol. The molecule has 0 spiro atoms. The van der Waals surface area contributed by atoms with Gasteiger partial charge in [-0.05, 0) is 50.3 Å². The molecule has 0 radical (unpaired) electrons. The highest BCUT2D eigenvalue weighted by molar-refractivity contribution is 7.80. The lowest BCUT2D eigenvalue weighted by Crippen LogP contribution is -2.45. The number of rotatable bonds is 10. The van der Waals surface area contributed by atoms with Gasteiger partial charge in [-0.3, -0.25) is 4.79 Å². The molecule has 2 aromatic rings. The normalized spacial score (nSPS) is 15.1. The zero-order valence-electron chi connectivity index (χ0n) is 20.4. The number of esters is 1. The van der Waals surface area contributed by atoms with Crippen LogP contribution in [-0.4, -0.2) is 50.6 Å². The van der Waals surface area contributed by atoms with Crippen LogP contribution >= 0.6 is 12.2 Å². The Balaban J connectivity index is 1.72. The average Bonchev–Trinajstić information content (AvgIpc) is 2.87. The molecule has 0 fully saturated rings. The molecule has 0 saturated carbocycles. The number of nitrogens with zero attached hydrogens (tertiary/aromatic N) is 1. The summed E-state index contributed by atoms with van der Waals surface area (Å²) < 4.78 is 21.5. The molecular formula is C25H28N4O6S. The minimum atomic E-state index is -0.615. The van der Waals surface area contributed by atoms with Crippen molar-refractivity contribution in [3.63, 3.8) is 0 Å². The number of allylic oxidation sites excluding steroid dienone is 1. The van der Waals surface area contributed by atoms with Crippen molar-refractivity contribution in [2.24, 2.45) is 5.10 Å². The van der Waals surface area contributed by atoms with Crippen molar-refractivity contribution in [1.29, 1.82) is 0 Å². The largest absolute Gasteiger partial charge is 0.497 e. The van der Waals surface area contributed by atoms with Crippen molar-refractivity contribution in [2.45, 2.75) is 19.9 Å². The van der Waals surface area contributed by atoms with Gasteiger partial charge in [-0.1, -0.05) is 18.2 Å². The Morgan fingerprint density at radius 2 is 1.92 bits per heavy atom. The van der Waals surface area contributed by atoms with Gasteiger partial charge in [-0.15, -0.1) is 0 Å². The molecular weight excluding hydrogens is 484 g/mol. The van der Waals surface area contributed by atoms with E-state index in [4.69, 9.17) is 31.2 Å². The lowest BCUT2D eigenvalue weighted by molar-refractivity contribution is -0.139. The molecule has 36 heavy (non-hydrogen) atoms. The fourth-order valence-electron chi connectivity index (χ4n) is 3.55. The van der Waals surface area contributed by atoms with E-state index in [0.717, 1.165) is 0 Å². The predicted octanol–water partition coefficient (Wildman–Crippen LogP) is 2.59. The summed E-state index contributed by atoms with van der Waals surface area (Å²) in [5.41, 5.74) is 4.64. The van der Waals surface area contributed by atoms with Crippen LogP contribution in [0, 0.1) is 0 Å². The highest BCUT2D eigenvalue weighted by atomic mass is 32.1. The highest BCUT2D eigenvalue weighted by Gasteiger charge is 2.32. The van der Waals surface area contributed by atoms with Crippen LogP contribution in [-0.2, 0) is 14.3 Å². The number of hydrazone groups is 1. The van der Waals surface area contributed by atoms with Gasteiger partial charge in [0.1, 0.15) is 17.2 Å². The lowest BCUT2D eigenvalue weighted by atomic mass is 9.95. The molecule has 1 aliphatic heterocycles. The molecule has 3 rings (SSSR count). The van der Waals surface area contributed by atoms with Gasteiger partial charge in [0.15, 0.2) is 11.7 Å². The van der Waals surface area contributed by atoms with E-state index < -0.39 is 17.9 Å². The van der Waals surface area contributed by atoms with Crippen LogP contribution in [0.5, 0.6) is 17.2 Å². The fraction of sp³-hybridized carbons (Fsp3) is 0.280. The predicted molar refractivity (Wildman–Crippen MR) is 138 cm³/mol. The van der Waals surface area contributed by atoms with Gasteiger partial charge in [-0.25, -0.2) is 10.2 Å². The number of benzene rings is 2. The third kappa shape index (κ3) is 6.51. The van der Waals surface area contributed by atoms with Crippen LogP contribution in [0.3, 0.4) is 0 Å². The number of ether oxygens (including phenoxy) is 4. The summed E-state index contributed by atoms with van der Waals surface area (Å²) in [6, 6.07) is 11.7. The molecule has 1 atom stereocenters. The maximum Gasteiger partial charge on any atom is 0.338 e. The number of methoxy groups -OCH3 is 2. The second kappa shape index (κ2) is 12.5. The van der Waals surface area contributed by atoms with Crippen molar-refractivity contribution >= 4 is 35.4 Å². The molecule has 1 amide bonds. The summed E-state index contributed by atoms with van der Waals surface area (Å²) in [6.45, 7) is 3.40. The van der Waals surface area contributed by atoms with Gasteiger partial charge >= 0.3 is 5.97 Å². The Labute approximate surface area is 214 Å². The number of carbonyl (C=O) groups is 2. The number of carbonyl (C=O) groups excluding carboxylic acids is 2. The molecule has 190 valence electrons. The van der Waals surface area contributed by atoms with Crippen molar-refractivity contribution in [3.05, 3.63) is 64.9 Å². The maximum atomic E-state index is 12.7. The molecule has 1 heterocycles. The molecule has 1 aliphatic rings. The van der Waals surface area contributed by atoms with E-state index in [9.17, 15) is 9.59 Å². The molecule has 11 heteroatoms. The van der Waals surface area contributed by atoms with E-state index in [0.29, 0.717) is 44.8 Å². The van der Waals surface area contributed by atoms with Crippen LogP contribution in [0.15, 0.2) is 58.8 Å². The molecule has 0 bridgehead atoms. The minimum absolute atomic E-state index is 0.229. The van der Waals surface area contributed by atoms with Crippen LogP contribution in [0.4, 0.5) is 0 Å². The number of thiocarbonyl (C=S) groups is 1. The van der Waals surface area contributed by atoms with E-state index in [2.05, 4.69) is 21.2 Å². The minimum Gasteiger partial charge on any atom is -0.497 e. The maximum absolute atomic E-state index is 12.7. The third-order valence-electron chi connectivity index (χ3n) is 5.18. The smallest absolute Gasteiger partial charge is 0.338 e. The quantitative estimate of drug-likeness (QED) is 0.191. The Morgan fingerprint density at radius 3 is 2.64 bits per heavy atom. The Morgan fingerprint density at radius 1 is 1.14 bits per heavy atom. The number of hydrogen-bond donors (Lipinski definition) is 3. The Kier molecular flexibility index (Phi) is 9.23. The second-order valence-electron chi connectivity index (χ2n) is 7.52. The van der Waals surface area contributed by atoms with E-state index in [1.54, 1.807) is 63.4 Å². The van der Waals surface area contributed by atoms with Gasteiger partial charge in [0, 0.05) is 16.8 Å². The first-order valence-electron chi connectivity index (χ1n) is 11.1. The van der Waals surface area contributed by atoms with Crippen molar-refractivity contribution in [2.75, 3.05) is 27.4 Å². The molecule has 0 saturated heterocycles. The van der Waals surface area contributed by atoms with E-state index in [-0.39, 0.29) is 13.2 Å². The standard InChI is InChI=1S/C25H28N4O6S/c1-5-34-24(31)22-15(2)27-25(36)28-23(22)18-8-6-7-9-20(18)35-14-21(30)29-26-13-16-12-17(32-3)10-11-19(16)33-4/h6-13,23H,5,14H2,1-4H3,(H,29,30)(H2,27,28,36)/t23-/m1/s1. The van der Waals surface area contributed by atoms with Crippen LogP contribution < -0.4 is 30.3 Å². The fourth-order valence-corrected chi connectivity index (χ4v) is 3.82. The summed E-state index contributed by atoms with van der Waals surface area (Å²) in [5, 5.41) is 10.4. The summed E-state index contributed by atoms with van der Waals surface area (Å²) in [7, 11) is 3.09. The van der Waals surface area contributed by atoms with E-state index in [1.807, 2.05) is 0 Å². The summed E-state index contributed by atoms with van der Waals surface area (Å²) in [5.74, 6) is 0.655. The first-order valence-corrected chi connectivity index (χ1v) is 11.5. The first kappa shape index (κ1) is 26.5. The van der Waals surface area contributed by atoms with Crippen molar-refractivity contribution in [1.82, 2.24) is 16.1 Å². The number of para-hydroxylation sites is 1. The van der Waals surface area contributed by atoms with Crippen molar-refractivity contribution in [3.8, 4) is 17.2 Å². The van der Waals surface area contributed by atoms with Crippen LogP contribution in [0.25, 0.3) is 0 Å². The van der Waals surface area contributed by atoms with Crippen LogP contribution in [0.1, 0.15) is 31.0 Å². The molecule has 10 nitrogen and oxygen atoms in total. The van der Waals surface area contributed by atoms with Gasteiger partial charge in [0.25, 0.3) is 5.91 Å². The van der Waals surface area contributed by atoms with Gasteiger partial charge in [-0.2, -0.15) is 5.10 Å². The molecule has 3 N–H and O–H groups in total. The molecule has 0 aliphatic carbocycles. The monoisotopic (exact) mass is 512 g/mol. The number of nitrogens with one attached hydrogen (secondary N) is 3. The summed E-state index contributed by atoms with van der Waals surface area (Å²) in [4.78, 5) is 25.1. The Bertz CT molecular complexity index is 1200. The summed E-state index contributed by atoms with van der Waals surface area (Å²) in [6.07, 6.45) is 1.45. The zero-order valence-corrected chi connectivity index (χ0v) is 21.2. The topological polar surface area (TPSA) is 120 Å². The first-order chi connectivity index (χ1) is 17.4. The highest BCUT2D eigenvalue weighted by Crippen LogP contribution is 2.33. The molecule has 0 unspecified atom stereocenters. The molecule has 0 aromatic heterocycles. The van der Waals surface area contributed by atoms with Crippen molar-refractivity contribution < 1.29 is 28.5 Å². The molecule has 2 aromatic carbocycles. The number of hydrogen-bond acceptors (Lipinski definition) is 8. The number of amides is 1. The zero-order chi connectivity index (χ0) is 26.1. The summed E-state index contributed by atoms with van der Waals surface area (Å²) >= 11 is 5.29. The SMILES string of the molecule is CCOC(=O)C1=C(C)NC(=S)N[C@@H]1c1ccccc1OCC(=O)NN=Cc1cc(OC)ccc1OC. The van der Waals surface area contributed by atoms with Gasteiger partial charge in [0.05, 0.1) is 38.7 Å². The van der Waals surface area contributed by atoms with Crippen LogP contribution in [0.2, 0.25) is 0 Å². The lowest BCUT2D eigenvalue weighted by Gasteiger charge is -2.30. The third-order valence-corrected chi connectivity index (χ3v) is 5.40. The van der Waals surface area contributed by atoms with E-state index in [1.165, 1.54) is 13.3 Å². The second-order valence-corrected chi connectivity index (χ2v) is 7.93. The van der Waals surface area contributed by atoms with E-state index >= 15 is 0 Å². The Hall–Kier alpha value is -4.12. The van der Waals surface area contributed by atoms with Gasteiger partial charge in [0.2, 0.25) is 0 Å².